The smallest absolute Gasteiger partial charge is 0.303 e. The van der Waals surface area contributed by atoms with Gasteiger partial charge >= 0.3 is 5.97 Å². The van der Waals surface area contributed by atoms with Gasteiger partial charge in [0, 0.05) is 92.5 Å². The highest BCUT2D eigenvalue weighted by Gasteiger charge is 2.38. The van der Waals surface area contributed by atoms with E-state index in [1.165, 1.54) is 57.8 Å². The van der Waals surface area contributed by atoms with Crippen LogP contribution in [0.1, 0.15) is 194 Å². The Bertz CT molecular complexity index is 1530. The lowest BCUT2D eigenvalue weighted by atomic mass is 9.72. The van der Waals surface area contributed by atoms with Crippen LogP contribution in [0.3, 0.4) is 0 Å². The maximum absolute atomic E-state index is 13.6. The fourth-order valence-corrected chi connectivity index (χ4v) is 7.85. The minimum Gasteiger partial charge on any atom is -0.481 e. The highest BCUT2D eigenvalue weighted by atomic mass is 16.5. The molecular formula is C52H92N6O9. The number of carbonyl (C=O) groups is 6. The van der Waals surface area contributed by atoms with Gasteiger partial charge in [0.15, 0.2) is 0 Å². The van der Waals surface area contributed by atoms with Gasteiger partial charge in [0.1, 0.15) is 17.3 Å². The van der Waals surface area contributed by atoms with E-state index < -0.39 is 22.7 Å². The maximum atomic E-state index is 13.6. The molecule has 0 unspecified atom stereocenters. The van der Waals surface area contributed by atoms with Crippen LogP contribution in [0.2, 0.25) is 0 Å². The van der Waals surface area contributed by atoms with Crippen LogP contribution in [-0.2, 0) is 44.7 Å². The SMILES string of the molecule is C=C(COCCOCCNC(=O)[C@H](CCCCN)CC(=O)C(C)(C)CC(=O)C(C)(C)CC(=O)CCc1cnc[nH]1)NCCCCNC(=O)CCCCCCCCCCCCCCCCC(=O)O. The van der Waals surface area contributed by atoms with E-state index >= 15 is 0 Å². The van der Waals surface area contributed by atoms with Crippen molar-refractivity contribution < 1.29 is 43.3 Å². The quantitative estimate of drug-likeness (QED) is 0.0338. The van der Waals surface area contributed by atoms with Crippen molar-refractivity contribution in [3.63, 3.8) is 0 Å². The summed E-state index contributed by atoms with van der Waals surface area (Å²) in [6.45, 7) is 14.5. The number of amides is 2. The van der Waals surface area contributed by atoms with Crippen molar-refractivity contribution in [3.8, 4) is 0 Å². The predicted molar refractivity (Wildman–Crippen MR) is 265 cm³/mol. The first-order chi connectivity index (χ1) is 32.1. The molecule has 1 aromatic rings. The van der Waals surface area contributed by atoms with E-state index in [-0.39, 0.29) is 61.6 Å². The number of unbranched alkanes of at least 4 members (excludes halogenated alkanes) is 15. The Balaban J connectivity index is 2.12. The molecule has 0 saturated heterocycles. The Hall–Kier alpha value is -3.95. The topological polar surface area (TPSA) is 232 Å². The van der Waals surface area contributed by atoms with Crippen molar-refractivity contribution >= 4 is 35.1 Å². The molecule has 0 aliphatic heterocycles. The summed E-state index contributed by atoms with van der Waals surface area (Å²) < 4.78 is 11.3. The van der Waals surface area contributed by atoms with Gasteiger partial charge in [-0.05, 0) is 51.5 Å². The first-order valence-electron chi connectivity index (χ1n) is 25.7. The molecule has 0 spiro atoms. The summed E-state index contributed by atoms with van der Waals surface area (Å²) >= 11 is 0. The van der Waals surface area contributed by atoms with Gasteiger partial charge in [-0.25, -0.2) is 4.98 Å². The van der Waals surface area contributed by atoms with Crippen molar-refractivity contribution in [2.24, 2.45) is 22.5 Å². The van der Waals surface area contributed by atoms with Crippen LogP contribution in [0.15, 0.2) is 24.8 Å². The molecular weight excluding hydrogens is 853 g/mol. The van der Waals surface area contributed by atoms with Crippen LogP contribution < -0.4 is 21.7 Å². The van der Waals surface area contributed by atoms with Crippen molar-refractivity contribution in [1.82, 2.24) is 25.9 Å². The van der Waals surface area contributed by atoms with Crippen molar-refractivity contribution in [1.29, 1.82) is 0 Å². The Labute approximate surface area is 403 Å². The Kier molecular flexibility index (Phi) is 34.6. The first kappa shape index (κ1) is 61.1. The first-order valence-corrected chi connectivity index (χ1v) is 25.7. The molecule has 0 radical (unpaired) electrons. The van der Waals surface area contributed by atoms with E-state index in [9.17, 15) is 28.8 Å². The molecule has 0 fully saturated rings. The second-order valence-electron chi connectivity index (χ2n) is 19.7. The van der Waals surface area contributed by atoms with Crippen LogP contribution in [0.4, 0.5) is 0 Å². The molecule has 7 N–H and O–H groups in total. The minimum atomic E-state index is -0.999. The number of aryl methyl sites for hydroxylation is 1. The molecule has 1 aromatic heterocycles. The molecule has 0 aliphatic carbocycles. The number of nitrogens with one attached hydrogen (secondary N) is 4. The molecule has 2 amide bonds. The standard InChI is InChI=1S/C52H92N6O9/c1-42(55-30-22-23-31-56-48(62)25-18-16-14-12-10-8-6-7-9-11-13-15-17-19-26-49(63)64)40-67-35-34-66-33-32-57-50(65)43(24-20-21-29-53)36-46(60)52(4,5)38-47(61)51(2,3)37-45(59)28-27-44-39-54-41-58-44/h39,41,43,55H,1,6-38,40,53H2,2-5H3,(H,54,58)(H,56,62)(H,57,65)(H,63,64)/t43-/m1/s1. The van der Waals surface area contributed by atoms with E-state index in [1.54, 1.807) is 40.2 Å². The molecule has 0 saturated carbocycles. The summed E-state index contributed by atoms with van der Waals surface area (Å²) in [4.78, 5) is 82.6. The molecule has 67 heavy (non-hydrogen) atoms. The van der Waals surface area contributed by atoms with E-state index in [0.717, 1.165) is 69.3 Å². The number of hydrogen-bond donors (Lipinski definition) is 6. The zero-order chi connectivity index (χ0) is 49.6. The van der Waals surface area contributed by atoms with E-state index in [0.29, 0.717) is 71.4 Å². The summed E-state index contributed by atoms with van der Waals surface area (Å²) in [6.07, 6.45) is 25.1. The van der Waals surface area contributed by atoms with Crippen LogP contribution >= 0.6 is 0 Å². The van der Waals surface area contributed by atoms with Gasteiger partial charge in [0.25, 0.3) is 0 Å². The van der Waals surface area contributed by atoms with Gasteiger partial charge in [-0.15, -0.1) is 0 Å². The number of aromatic amines is 1. The average Bonchev–Trinajstić information content (AvgIpc) is 3.80. The molecule has 1 rings (SSSR count). The third kappa shape index (κ3) is 33.2. The molecule has 1 atom stereocenters. The fraction of sp³-hybridized carbons (Fsp3) is 0.788. The number of imidazole rings is 1. The lowest BCUT2D eigenvalue weighted by Crippen LogP contribution is -2.39. The molecule has 1 heterocycles. The molecule has 0 aliphatic rings. The number of nitrogens with zero attached hydrogens (tertiary/aromatic N) is 1. The number of ether oxygens (including phenoxy) is 2. The molecule has 15 heteroatoms. The van der Waals surface area contributed by atoms with E-state index in [2.05, 4.69) is 32.5 Å². The molecule has 0 aromatic carbocycles. The number of aromatic nitrogens is 2. The van der Waals surface area contributed by atoms with Gasteiger partial charge < -0.3 is 41.2 Å². The van der Waals surface area contributed by atoms with E-state index in [4.69, 9.17) is 20.3 Å². The van der Waals surface area contributed by atoms with Gasteiger partial charge in [-0.2, -0.15) is 0 Å². The van der Waals surface area contributed by atoms with Gasteiger partial charge in [-0.1, -0.05) is 118 Å². The maximum Gasteiger partial charge on any atom is 0.303 e. The summed E-state index contributed by atoms with van der Waals surface area (Å²) in [5.41, 5.74) is 5.42. The number of carboxylic acid groups (broad SMARTS) is 1. The number of hydrogen-bond acceptors (Lipinski definition) is 11. The Morgan fingerprint density at radius 3 is 1.82 bits per heavy atom. The van der Waals surface area contributed by atoms with Crippen LogP contribution in [0, 0.1) is 16.7 Å². The zero-order valence-corrected chi connectivity index (χ0v) is 42.2. The van der Waals surface area contributed by atoms with Crippen molar-refractivity contribution in [2.45, 2.75) is 195 Å². The third-order valence-electron chi connectivity index (χ3n) is 12.3. The number of nitrogens with two attached hydrogens (primary N) is 1. The zero-order valence-electron chi connectivity index (χ0n) is 42.2. The van der Waals surface area contributed by atoms with Crippen LogP contribution in [-0.4, -0.2) is 103 Å². The molecule has 15 nitrogen and oxygen atoms in total. The number of Topliss-reactive ketones (excluding diaryl/α,β-unsaturated/α-hetero) is 3. The van der Waals surface area contributed by atoms with E-state index in [1.807, 2.05) is 0 Å². The lowest BCUT2D eigenvalue weighted by Gasteiger charge is -2.30. The molecule has 384 valence electrons. The second-order valence-corrected chi connectivity index (χ2v) is 19.7. The average molecular weight is 945 g/mol. The van der Waals surface area contributed by atoms with Gasteiger partial charge in [-0.3, -0.25) is 28.8 Å². The summed E-state index contributed by atoms with van der Waals surface area (Å²) in [7, 11) is 0. The Morgan fingerprint density at radius 1 is 0.672 bits per heavy atom. The Morgan fingerprint density at radius 2 is 1.24 bits per heavy atom. The number of H-pyrrole nitrogens is 1. The largest absolute Gasteiger partial charge is 0.481 e. The summed E-state index contributed by atoms with van der Waals surface area (Å²) in [5, 5.41) is 17.9. The van der Waals surface area contributed by atoms with Crippen molar-refractivity contribution in [2.75, 3.05) is 52.6 Å². The molecule has 0 bridgehead atoms. The van der Waals surface area contributed by atoms with Crippen molar-refractivity contribution in [3.05, 3.63) is 30.5 Å². The minimum absolute atomic E-state index is 0.00984. The lowest BCUT2D eigenvalue weighted by molar-refractivity contribution is -0.139. The fourth-order valence-electron chi connectivity index (χ4n) is 7.85. The van der Waals surface area contributed by atoms with Gasteiger partial charge in [0.05, 0.1) is 32.8 Å². The number of rotatable bonds is 47. The number of aliphatic carboxylic acids is 1. The second kappa shape index (κ2) is 38.0. The monoisotopic (exact) mass is 945 g/mol. The number of carboxylic acids is 1. The third-order valence-corrected chi connectivity index (χ3v) is 12.3. The van der Waals surface area contributed by atoms with Gasteiger partial charge in [0.2, 0.25) is 11.8 Å². The number of ketones is 3. The predicted octanol–water partition coefficient (Wildman–Crippen LogP) is 8.49. The summed E-state index contributed by atoms with van der Waals surface area (Å²) in [6, 6.07) is 0. The van der Waals surface area contributed by atoms with Crippen LogP contribution in [0.25, 0.3) is 0 Å². The number of carbonyl (C=O) groups excluding carboxylic acids is 5. The normalized spacial score (nSPS) is 12.1. The highest BCUT2D eigenvalue weighted by molar-refractivity contribution is 5.96. The van der Waals surface area contributed by atoms with Crippen LogP contribution in [0.5, 0.6) is 0 Å². The summed E-state index contributed by atoms with van der Waals surface area (Å²) in [5.74, 6) is -1.69. The highest BCUT2D eigenvalue weighted by Crippen LogP contribution is 2.34.